The third-order valence-electron chi connectivity index (χ3n) is 4.62. The number of carbonyl (C=O) groups is 1. The van der Waals surface area contributed by atoms with E-state index in [1.165, 1.54) is 12.8 Å². The minimum Gasteiger partial charge on any atom is -0.409 e. The molecule has 0 aromatic carbocycles. The zero-order valence-corrected chi connectivity index (χ0v) is 11.2. The van der Waals surface area contributed by atoms with Crippen molar-refractivity contribution >= 4 is 11.7 Å². The van der Waals surface area contributed by atoms with Gasteiger partial charge in [0.05, 0.1) is 0 Å². The Hall–Kier alpha value is -1.26. The van der Waals surface area contributed by atoms with E-state index in [1.54, 1.807) is 0 Å². The van der Waals surface area contributed by atoms with Crippen molar-refractivity contribution < 1.29 is 10.0 Å². The molecule has 3 N–H and O–H groups in total. The lowest BCUT2D eigenvalue weighted by Gasteiger charge is -2.39. The van der Waals surface area contributed by atoms with Gasteiger partial charge in [-0.15, -0.1) is 0 Å². The van der Waals surface area contributed by atoms with Gasteiger partial charge in [-0.3, -0.25) is 4.79 Å². The maximum absolute atomic E-state index is 12.2. The molecule has 2 fully saturated rings. The molecule has 1 saturated carbocycles. The van der Waals surface area contributed by atoms with Crippen LogP contribution in [-0.4, -0.2) is 34.9 Å². The highest BCUT2D eigenvalue weighted by molar-refractivity contribution is 5.86. The number of oxime groups is 1. The summed E-state index contributed by atoms with van der Waals surface area (Å²) in [5.41, 5.74) is 5.45. The third kappa shape index (κ3) is 2.44. The summed E-state index contributed by atoms with van der Waals surface area (Å²) in [4.78, 5) is 14.2. The monoisotopic (exact) mass is 253 g/mol. The molecular weight excluding hydrogens is 230 g/mol. The Morgan fingerprint density at radius 1 is 1.44 bits per heavy atom. The van der Waals surface area contributed by atoms with Crippen LogP contribution in [0.3, 0.4) is 0 Å². The Bertz CT molecular complexity index is 355. The molecule has 5 heteroatoms. The summed E-state index contributed by atoms with van der Waals surface area (Å²) in [6.07, 6.45) is 3.93. The number of likely N-dealkylation sites (tertiary alicyclic amines) is 1. The molecule has 18 heavy (non-hydrogen) atoms. The van der Waals surface area contributed by atoms with Gasteiger partial charge in [0.25, 0.3) is 0 Å². The van der Waals surface area contributed by atoms with E-state index in [2.05, 4.69) is 5.16 Å². The van der Waals surface area contributed by atoms with E-state index in [1.807, 2.05) is 18.7 Å². The number of carbonyl (C=O) groups excluding carboxylic acids is 1. The van der Waals surface area contributed by atoms with Gasteiger partial charge in [-0.05, 0) is 31.6 Å². The number of nitrogens with two attached hydrogens (primary N) is 1. The van der Waals surface area contributed by atoms with Crippen molar-refractivity contribution in [3.05, 3.63) is 0 Å². The second-order valence-corrected chi connectivity index (χ2v) is 6.00. The number of amides is 1. The minimum atomic E-state index is -0.269. The van der Waals surface area contributed by atoms with Gasteiger partial charge in [0, 0.05) is 24.4 Å². The molecule has 0 bridgehead atoms. The fraction of sp³-hybridized carbons (Fsp3) is 0.846. The van der Waals surface area contributed by atoms with Gasteiger partial charge >= 0.3 is 0 Å². The van der Waals surface area contributed by atoms with Crippen LogP contribution in [0.2, 0.25) is 0 Å². The molecule has 1 unspecified atom stereocenters. The van der Waals surface area contributed by atoms with Crippen LogP contribution < -0.4 is 5.73 Å². The molecular formula is C13H23N3O2. The summed E-state index contributed by atoms with van der Waals surface area (Å²) in [6, 6.07) is 0. The van der Waals surface area contributed by atoms with Crippen LogP contribution in [0.1, 0.15) is 39.5 Å². The standard InChI is InChI=1S/C13H23N3O2/c1-9(10-3-4-10)11(17)16-7-5-13(2,6-8-16)12(14)15-18/h9-10,18H,3-8H2,1-2H3,(H2,14,15). The molecule has 1 atom stereocenters. The van der Waals surface area contributed by atoms with Crippen molar-refractivity contribution in [2.45, 2.75) is 39.5 Å². The van der Waals surface area contributed by atoms with Gasteiger partial charge in [-0.2, -0.15) is 0 Å². The Kier molecular flexibility index (Phi) is 3.50. The Morgan fingerprint density at radius 2 is 2.00 bits per heavy atom. The van der Waals surface area contributed by atoms with Crippen LogP contribution in [0, 0.1) is 17.3 Å². The summed E-state index contributed by atoms with van der Waals surface area (Å²) >= 11 is 0. The Balaban J connectivity index is 1.91. The van der Waals surface area contributed by atoms with Gasteiger partial charge in [-0.25, -0.2) is 0 Å². The van der Waals surface area contributed by atoms with Crippen LogP contribution in [0.5, 0.6) is 0 Å². The van der Waals surface area contributed by atoms with Crippen LogP contribution in [-0.2, 0) is 4.79 Å². The second-order valence-electron chi connectivity index (χ2n) is 6.00. The van der Waals surface area contributed by atoms with E-state index in [-0.39, 0.29) is 23.1 Å². The lowest BCUT2D eigenvalue weighted by Crippen LogP contribution is -2.48. The molecule has 1 heterocycles. The number of hydrogen-bond acceptors (Lipinski definition) is 3. The van der Waals surface area contributed by atoms with E-state index in [4.69, 9.17) is 10.9 Å². The quantitative estimate of drug-likeness (QED) is 0.345. The van der Waals surface area contributed by atoms with E-state index < -0.39 is 0 Å². The minimum absolute atomic E-state index is 0.165. The van der Waals surface area contributed by atoms with Crippen molar-refractivity contribution in [3.8, 4) is 0 Å². The molecule has 1 saturated heterocycles. The van der Waals surface area contributed by atoms with Crippen molar-refractivity contribution in [2.24, 2.45) is 28.1 Å². The highest BCUT2D eigenvalue weighted by Crippen LogP contribution is 2.38. The molecule has 0 radical (unpaired) electrons. The molecule has 0 spiro atoms. The first-order valence-electron chi connectivity index (χ1n) is 6.75. The topological polar surface area (TPSA) is 78.9 Å². The zero-order chi connectivity index (χ0) is 13.3. The molecule has 0 aromatic heterocycles. The average Bonchev–Trinajstić information content (AvgIpc) is 3.21. The zero-order valence-electron chi connectivity index (χ0n) is 11.2. The van der Waals surface area contributed by atoms with Gasteiger partial charge in [0.2, 0.25) is 5.91 Å². The number of hydrogen-bond donors (Lipinski definition) is 2. The molecule has 2 aliphatic rings. The summed E-state index contributed by atoms with van der Waals surface area (Å²) in [5, 5.41) is 11.9. The number of amidine groups is 1. The summed E-state index contributed by atoms with van der Waals surface area (Å²) in [6.45, 7) is 5.46. The van der Waals surface area contributed by atoms with Crippen LogP contribution in [0.4, 0.5) is 0 Å². The highest BCUT2D eigenvalue weighted by atomic mass is 16.4. The maximum Gasteiger partial charge on any atom is 0.225 e. The summed E-state index contributed by atoms with van der Waals surface area (Å²) in [7, 11) is 0. The van der Waals surface area contributed by atoms with Crippen LogP contribution in [0.25, 0.3) is 0 Å². The van der Waals surface area contributed by atoms with Gasteiger partial charge in [0.1, 0.15) is 5.84 Å². The first kappa shape index (κ1) is 13.2. The third-order valence-corrected chi connectivity index (χ3v) is 4.62. The summed E-state index contributed by atoms with van der Waals surface area (Å²) in [5.74, 6) is 1.33. The molecule has 0 aromatic rings. The van der Waals surface area contributed by atoms with Crippen molar-refractivity contribution in [2.75, 3.05) is 13.1 Å². The predicted octanol–water partition coefficient (Wildman–Crippen LogP) is 1.41. The smallest absolute Gasteiger partial charge is 0.225 e. The maximum atomic E-state index is 12.2. The predicted molar refractivity (Wildman–Crippen MR) is 69.2 cm³/mol. The van der Waals surface area contributed by atoms with Crippen LogP contribution >= 0.6 is 0 Å². The normalized spacial score (nSPS) is 25.9. The molecule has 1 aliphatic heterocycles. The van der Waals surface area contributed by atoms with Gasteiger partial charge < -0.3 is 15.8 Å². The van der Waals surface area contributed by atoms with Crippen LogP contribution in [0.15, 0.2) is 5.16 Å². The fourth-order valence-corrected chi connectivity index (χ4v) is 2.68. The number of rotatable bonds is 3. The van der Waals surface area contributed by atoms with E-state index in [0.29, 0.717) is 19.0 Å². The van der Waals surface area contributed by atoms with Crippen molar-refractivity contribution in [3.63, 3.8) is 0 Å². The SMILES string of the molecule is CC(C(=O)N1CCC(C)(C(N)=NO)CC1)C1CC1. The van der Waals surface area contributed by atoms with Gasteiger partial charge in [0.15, 0.2) is 0 Å². The number of nitrogens with zero attached hydrogens (tertiary/aromatic N) is 2. The lowest BCUT2D eigenvalue weighted by atomic mass is 9.79. The van der Waals surface area contributed by atoms with E-state index >= 15 is 0 Å². The second kappa shape index (κ2) is 4.78. The Morgan fingerprint density at radius 3 is 2.44 bits per heavy atom. The first-order valence-corrected chi connectivity index (χ1v) is 6.75. The molecule has 5 nitrogen and oxygen atoms in total. The first-order chi connectivity index (χ1) is 8.48. The lowest BCUT2D eigenvalue weighted by molar-refractivity contribution is -0.137. The van der Waals surface area contributed by atoms with E-state index in [0.717, 1.165) is 12.8 Å². The van der Waals surface area contributed by atoms with Crippen molar-refractivity contribution in [1.82, 2.24) is 4.90 Å². The summed E-state index contributed by atoms with van der Waals surface area (Å²) < 4.78 is 0. The van der Waals surface area contributed by atoms with Gasteiger partial charge in [-0.1, -0.05) is 19.0 Å². The number of piperidine rings is 1. The molecule has 2 rings (SSSR count). The van der Waals surface area contributed by atoms with Crippen molar-refractivity contribution in [1.29, 1.82) is 0 Å². The highest BCUT2D eigenvalue weighted by Gasteiger charge is 2.39. The fourth-order valence-electron chi connectivity index (χ4n) is 2.68. The van der Waals surface area contributed by atoms with E-state index in [9.17, 15) is 4.79 Å². The Labute approximate surface area is 108 Å². The molecule has 102 valence electrons. The average molecular weight is 253 g/mol. The molecule has 1 amide bonds. The molecule has 1 aliphatic carbocycles. The largest absolute Gasteiger partial charge is 0.409 e.